The molecule has 2 fully saturated rings. The number of carbonyl (C=O) groups excluding carboxylic acids is 1. The molecule has 0 unspecified atom stereocenters. The number of carboxylic acid groups (broad SMARTS) is 1. The number of carbonyl (C=O) groups is 2. The highest BCUT2D eigenvalue weighted by molar-refractivity contribution is 5.86. The van der Waals surface area contributed by atoms with Crippen molar-refractivity contribution in [2.75, 3.05) is 13.1 Å². The van der Waals surface area contributed by atoms with Gasteiger partial charge in [-0.25, -0.2) is 9.78 Å². The Labute approximate surface area is 240 Å². The first-order valence-electron chi connectivity index (χ1n) is 14.6. The molecule has 0 spiro atoms. The highest BCUT2D eigenvalue weighted by Crippen LogP contribution is 2.40. The van der Waals surface area contributed by atoms with Gasteiger partial charge >= 0.3 is 6.09 Å². The molecule has 2 N–H and O–H groups in total. The monoisotopic (exact) mass is 554 g/mol. The minimum atomic E-state index is -1.16. The molecule has 5 rings (SSSR count). The first-order valence-corrected chi connectivity index (χ1v) is 14.6. The zero-order valence-electron chi connectivity index (χ0n) is 23.7. The van der Waals surface area contributed by atoms with Gasteiger partial charge in [0.15, 0.2) is 0 Å². The van der Waals surface area contributed by atoms with E-state index in [9.17, 15) is 14.4 Å². The zero-order chi connectivity index (χ0) is 28.9. The van der Waals surface area contributed by atoms with Crippen molar-refractivity contribution in [3.63, 3.8) is 0 Å². The predicted octanol–water partition coefficient (Wildman–Crippen LogP) is 5.58. The van der Waals surface area contributed by atoms with Crippen LogP contribution in [0.2, 0.25) is 0 Å². The number of rotatable bonds is 11. The lowest BCUT2D eigenvalue weighted by Crippen LogP contribution is -2.35. The molecule has 2 heterocycles. The van der Waals surface area contributed by atoms with Crippen molar-refractivity contribution in [2.24, 2.45) is 0 Å². The molecule has 0 radical (unpaired) electrons. The summed E-state index contributed by atoms with van der Waals surface area (Å²) < 4.78 is 1.77. The van der Waals surface area contributed by atoms with E-state index in [1.807, 2.05) is 53.4 Å². The van der Waals surface area contributed by atoms with E-state index in [4.69, 9.17) is 10.1 Å². The van der Waals surface area contributed by atoms with Crippen molar-refractivity contribution in [1.29, 1.82) is 0 Å². The predicted molar refractivity (Wildman–Crippen MR) is 160 cm³/mol. The number of aryl methyl sites for hydroxylation is 1. The van der Waals surface area contributed by atoms with E-state index >= 15 is 0 Å². The van der Waals surface area contributed by atoms with Gasteiger partial charge in [-0.1, -0.05) is 68.5 Å². The van der Waals surface area contributed by atoms with Crippen LogP contribution in [0.15, 0.2) is 59.9 Å². The molecule has 1 aliphatic heterocycles. The summed E-state index contributed by atoms with van der Waals surface area (Å²) >= 11 is 0. The highest BCUT2D eigenvalue weighted by atomic mass is 16.4. The number of benzene rings is 2. The maximum atomic E-state index is 14.0. The van der Waals surface area contributed by atoms with Gasteiger partial charge in [-0.15, -0.1) is 0 Å². The second-order valence-electron chi connectivity index (χ2n) is 11.1. The Morgan fingerprint density at radius 1 is 1.07 bits per heavy atom. The lowest BCUT2D eigenvalue weighted by molar-refractivity contribution is -0.129. The number of nitrogens with one attached hydrogen (secondary N) is 1. The maximum Gasteiger partial charge on any atom is 0.409 e. The van der Waals surface area contributed by atoms with E-state index in [-0.39, 0.29) is 23.8 Å². The van der Waals surface area contributed by atoms with Crippen LogP contribution in [0.4, 0.5) is 4.79 Å². The second kappa shape index (κ2) is 12.5. The van der Waals surface area contributed by atoms with Crippen LogP contribution in [0.25, 0.3) is 16.8 Å². The second-order valence-corrected chi connectivity index (χ2v) is 11.1. The third kappa shape index (κ3) is 6.59. The fraction of sp³-hybridized carbons (Fsp3) is 0.394. The fourth-order valence-electron chi connectivity index (χ4n) is 5.60. The van der Waals surface area contributed by atoms with Crippen molar-refractivity contribution in [2.45, 2.75) is 70.8 Å². The average molecular weight is 555 g/mol. The van der Waals surface area contributed by atoms with Gasteiger partial charge in [0, 0.05) is 42.3 Å². The van der Waals surface area contributed by atoms with Crippen molar-refractivity contribution in [3.8, 4) is 11.1 Å². The van der Waals surface area contributed by atoms with E-state index < -0.39 is 6.09 Å². The first-order chi connectivity index (χ1) is 19.9. The molecule has 8 heteroatoms. The van der Waals surface area contributed by atoms with E-state index in [1.54, 1.807) is 4.57 Å². The molecule has 214 valence electrons. The number of aromatic nitrogens is 2. The number of nitrogens with zero attached hydrogens (tertiary/aromatic N) is 3. The average Bonchev–Trinajstić information content (AvgIpc) is 3.66. The lowest BCUT2D eigenvalue weighted by Gasteiger charge is -2.20. The van der Waals surface area contributed by atoms with Gasteiger partial charge in [0.2, 0.25) is 5.91 Å². The number of unbranched alkanes of at least 4 members (excludes halogenated alkanes) is 1. The van der Waals surface area contributed by atoms with Crippen molar-refractivity contribution in [1.82, 2.24) is 19.8 Å². The molecule has 41 heavy (non-hydrogen) atoms. The molecule has 1 saturated carbocycles. The molecule has 2 aromatic carbocycles. The van der Waals surface area contributed by atoms with Gasteiger partial charge in [0.1, 0.15) is 5.82 Å². The summed E-state index contributed by atoms with van der Waals surface area (Å²) in [5, 5.41) is 11.5. The quantitative estimate of drug-likeness (QED) is 0.322. The van der Waals surface area contributed by atoms with Crippen LogP contribution >= 0.6 is 0 Å². The van der Waals surface area contributed by atoms with E-state index in [2.05, 4.69) is 18.8 Å². The molecule has 0 bridgehead atoms. The molecule has 8 nitrogen and oxygen atoms in total. The number of hydrogen-bond acceptors (Lipinski definition) is 4. The summed E-state index contributed by atoms with van der Waals surface area (Å²) in [6.45, 7) is 7.92. The summed E-state index contributed by atoms with van der Waals surface area (Å²) in [6.07, 6.45) is 5.69. The number of hydrogen-bond donors (Lipinski definition) is 2. The fourth-order valence-corrected chi connectivity index (χ4v) is 5.60. The van der Waals surface area contributed by atoms with Crippen LogP contribution in [0.5, 0.6) is 0 Å². The van der Waals surface area contributed by atoms with E-state index in [0.29, 0.717) is 23.4 Å². The molecule has 1 aliphatic carbocycles. The third-order valence-corrected chi connectivity index (χ3v) is 7.99. The van der Waals surface area contributed by atoms with Gasteiger partial charge in [0.05, 0.1) is 18.7 Å². The largest absolute Gasteiger partial charge is 0.465 e. The summed E-state index contributed by atoms with van der Waals surface area (Å²) in [5.41, 5.74) is 5.05. The maximum absolute atomic E-state index is 14.0. The molecule has 0 atom stereocenters. The molecule has 1 aromatic heterocycles. The minimum absolute atomic E-state index is 0.0261. The van der Waals surface area contributed by atoms with Crippen LogP contribution in [-0.4, -0.2) is 44.6 Å². The van der Waals surface area contributed by atoms with Crippen LogP contribution in [0.1, 0.15) is 79.6 Å². The topological polar surface area (TPSA) is 105 Å². The molecule has 2 amide bonds. The lowest BCUT2D eigenvalue weighted by atomic mass is 9.97. The smallest absolute Gasteiger partial charge is 0.409 e. The Balaban J connectivity index is 1.46. The summed E-state index contributed by atoms with van der Waals surface area (Å²) in [6, 6.07) is 15.4. The van der Waals surface area contributed by atoms with Crippen LogP contribution in [0, 0.1) is 0 Å². The number of amides is 2. The van der Waals surface area contributed by atoms with Gasteiger partial charge in [0.25, 0.3) is 5.56 Å². The van der Waals surface area contributed by atoms with Crippen molar-refractivity contribution < 1.29 is 14.7 Å². The number of likely N-dealkylation sites (tertiary alicyclic amines) is 1. The van der Waals surface area contributed by atoms with Crippen molar-refractivity contribution >= 4 is 17.7 Å². The Kier molecular flexibility index (Phi) is 8.67. The van der Waals surface area contributed by atoms with Gasteiger partial charge < -0.3 is 10.0 Å². The molecule has 1 saturated heterocycles. The molecular formula is C33H38N4O4. The standard InChI is InChI=1S/C33H38N4O4/c1-3-4-11-29-35-31(25-16-17-25)28(20-30(38)36-18-7-8-19-36)32(39)37(29)21-23-12-14-24(15-13-23)27-10-6-5-9-26(27)22(2)34-33(40)41/h5-6,9-10,12-15,25,34H,2-4,7-8,11,16-21H2,1H3,(H,40,41). The summed E-state index contributed by atoms with van der Waals surface area (Å²) in [5.74, 6) is 1.10. The van der Waals surface area contributed by atoms with Crippen molar-refractivity contribution in [3.05, 3.63) is 93.7 Å². The van der Waals surface area contributed by atoms with Crippen LogP contribution in [0.3, 0.4) is 0 Å². The molecule has 3 aromatic rings. The summed E-state index contributed by atoms with van der Waals surface area (Å²) in [4.78, 5) is 45.2. The van der Waals surface area contributed by atoms with Gasteiger partial charge in [-0.3, -0.25) is 19.5 Å². The van der Waals surface area contributed by atoms with Gasteiger partial charge in [-0.2, -0.15) is 0 Å². The summed E-state index contributed by atoms with van der Waals surface area (Å²) in [7, 11) is 0. The normalized spacial score (nSPS) is 14.7. The zero-order valence-corrected chi connectivity index (χ0v) is 23.7. The minimum Gasteiger partial charge on any atom is -0.465 e. The van der Waals surface area contributed by atoms with E-state index in [1.165, 1.54) is 0 Å². The SMILES string of the molecule is C=C(NC(=O)O)c1ccccc1-c1ccc(Cn2c(CCCC)nc(C3CC3)c(CC(=O)N3CCCC3)c2=O)cc1. The Bertz CT molecular complexity index is 1500. The van der Waals surface area contributed by atoms with Crippen LogP contribution in [-0.2, 0) is 24.2 Å². The molecular weight excluding hydrogens is 516 g/mol. The Morgan fingerprint density at radius 2 is 1.78 bits per heavy atom. The molecule has 2 aliphatic rings. The highest BCUT2D eigenvalue weighted by Gasteiger charge is 2.32. The first kappa shape index (κ1) is 28.3. The van der Waals surface area contributed by atoms with Crippen LogP contribution < -0.4 is 10.9 Å². The van der Waals surface area contributed by atoms with E-state index in [0.717, 1.165) is 86.2 Å². The Morgan fingerprint density at radius 3 is 2.44 bits per heavy atom. The van der Waals surface area contributed by atoms with Gasteiger partial charge in [-0.05, 0) is 48.8 Å². The Hall–Kier alpha value is -4.20. The third-order valence-electron chi connectivity index (χ3n) is 7.99.